The molecule has 0 amide bonds. The minimum Gasteiger partial charge on any atom is -0.458 e. The third-order valence-corrected chi connectivity index (χ3v) is 3.19. The molecule has 1 N–H and O–H groups in total. The van der Waals surface area contributed by atoms with E-state index in [4.69, 9.17) is 27.6 Å². The van der Waals surface area contributed by atoms with E-state index in [1.807, 2.05) is 0 Å². The molecule has 0 unspecified atom stereocenters. The molecule has 5 heteroatoms. The number of Topliss-reactive ketones (excluding diaryl/α,β-unsaturated/α-hetero) is 1. The Hall–Kier alpha value is -1.71. The van der Waals surface area contributed by atoms with E-state index in [1.165, 1.54) is 0 Å². The second-order valence-corrected chi connectivity index (χ2v) is 5.21. The van der Waals surface area contributed by atoms with E-state index in [2.05, 4.69) is 11.9 Å². The molecule has 0 radical (unpaired) electrons. The van der Waals surface area contributed by atoms with Gasteiger partial charge in [-0.2, -0.15) is 0 Å². The van der Waals surface area contributed by atoms with Crippen LogP contribution < -0.4 is 5.32 Å². The average molecular weight is 310 g/mol. The van der Waals surface area contributed by atoms with Gasteiger partial charge in [-0.3, -0.25) is 4.79 Å². The first-order valence-electron chi connectivity index (χ1n) is 5.95. The largest absolute Gasteiger partial charge is 0.458 e. The Morgan fingerprint density at radius 3 is 2.70 bits per heavy atom. The molecule has 3 nitrogen and oxygen atoms in total. The van der Waals surface area contributed by atoms with Gasteiger partial charge in [-0.05, 0) is 37.3 Å². The summed E-state index contributed by atoms with van der Waals surface area (Å²) in [5.74, 6) is 0.876. The highest BCUT2D eigenvalue weighted by Crippen LogP contribution is 2.27. The van der Waals surface area contributed by atoms with Gasteiger partial charge in [0, 0.05) is 10.7 Å². The first-order chi connectivity index (χ1) is 9.45. The van der Waals surface area contributed by atoms with Gasteiger partial charge in [0.25, 0.3) is 0 Å². The lowest BCUT2D eigenvalue weighted by Gasteiger charge is -2.10. The van der Waals surface area contributed by atoms with Crippen LogP contribution in [0.5, 0.6) is 0 Å². The fourth-order valence-corrected chi connectivity index (χ4v) is 2.03. The van der Waals surface area contributed by atoms with Crippen molar-refractivity contribution in [3.05, 3.63) is 64.2 Å². The van der Waals surface area contributed by atoms with Crippen molar-refractivity contribution < 1.29 is 9.21 Å². The zero-order chi connectivity index (χ0) is 14.7. The summed E-state index contributed by atoms with van der Waals surface area (Å²) in [4.78, 5) is 12.0. The number of halogens is 2. The molecule has 0 aliphatic heterocycles. The molecule has 0 aliphatic carbocycles. The van der Waals surface area contributed by atoms with Crippen LogP contribution in [0.25, 0.3) is 0 Å². The maximum absolute atomic E-state index is 12.0. The quantitative estimate of drug-likeness (QED) is 0.782. The Kier molecular flexibility index (Phi) is 4.53. The molecule has 2 rings (SSSR count). The van der Waals surface area contributed by atoms with E-state index in [9.17, 15) is 4.79 Å². The molecule has 20 heavy (non-hydrogen) atoms. The van der Waals surface area contributed by atoms with Crippen molar-refractivity contribution in [1.82, 2.24) is 0 Å². The van der Waals surface area contributed by atoms with Crippen LogP contribution >= 0.6 is 23.2 Å². The smallest absolute Gasteiger partial charge is 0.203 e. The van der Waals surface area contributed by atoms with Crippen LogP contribution in [0.15, 0.2) is 47.0 Å². The Balaban J connectivity index is 2.02. The van der Waals surface area contributed by atoms with Gasteiger partial charge in [0.2, 0.25) is 5.78 Å². The van der Waals surface area contributed by atoms with Gasteiger partial charge in [0.05, 0.1) is 17.1 Å². The van der Waals surface area contributed by atoms with Crippen LogP contribution in [0, 0.1) is 6.92 Å². The predicted molar refractivity (Wildman–Crippen MR) is 81.6 cm³/mol. The number of anilines is 1. The van der Waals surface area contributed by atoms with Gasteiger partial charge in [-0.15, -0.1) is 0 Å². The van der Waals surface area contributed by atoms with E-state index in [1.54, 1.807) is 37.3 Å². The topological polar surface area (TPSA) is 42.2 Å². The van der Waals surface area contributed by atoms with Crippen molar-refractivity contribution in [2.45, 2.75) is 13.3 Å². The van der Waals surface area contributed by atoms with Crippen LogP contribution in [0.3, 0.4) is 0 Å². The molecule has 2 aromatic rings. The molecule has 1 heterocycles. The number of hydrogen-bond donors (Lipinski definition) is 1. The lowest BCUT2D eigenvalue weighted by Crippen LogP contribution is -2.06. The maximum Gasteiger partial charge on any atom is 0.203 e. The minimum absolute atomic E-state index is 0.121. The zero-order valence-electron chi connectivity index (χ0n) is 10.9. The number of carbonyl (C=O) groups is 1. The number of hydrogen-bond acceptors (Lipinski definition) is 3. The van der Waals surface area contributed by atoms with E-state index < -0.39 is 0 Å². The monoisotopic (exact) mass is 309 g/mol. The molecule has 0 atom stereocenters. The van der Waals surface area contributed by atoms with Crippen molar-refractivity contribution in [2.75, 3.05) is 5.32 Å². The SMILES string of the molecule is C=C(CC(=O)c1ccc(C)o1)Nc1cc(Cl)ccc1Cl. The molecule has 0 spiro atoms. The fourth-order valence-electron chi connectivity index (χ4n) is 1.69. The first kappa shape index (κ1) is 14.7. The summed E-state index contributed by atoms with van der Waals surface area (Å²) in [5, 5.41) is 4.05. The second kappa shape index (κ2) is 6.16. The Morgan fingerprint density at radius 1 is 1.30 bits per heavy atom. The Labute approximate surface area is 127 Å². The summed E-state index contributed by atoms with van der Waals surface area (Å²) < 4.78 is 5.27. The summed E-state index contributed by atoms with van der Waals surface area (Å²) in [6.07, 6.45) is 0.121. The maximum atomic E-state index is 12.0. The van der Waals surface area contributed by atoms with Gasteiger partial charge in [-0.1, -0.05) is 29.8 Å². The van der Waals surface area contributed by atoms with Gasteiger partial charge in [0.15, 0.2) is 5.76 Å². The van der Waals surface area contributed by atoms with Crippen LogP contribution in [0.1, 0.15) is 22.7 Å². The average Bonchev–Trinajstić information content (AvgIpc) is 2.80. The summed E-state index contributed by atoms with van der Waals surface area (Å²) >= 11 is 11.9. The van der Waals surface area contributed by atoms with Crippen molar-refractivity contribution in [3.63, 3.8) is 0 Å². The number of allylic oxidation sites excluding steroid dienone is 1. The summed E-state index contributed by atoms with van der Waals surface area (Å²) in [7, 11) is 0. The fraction of sp³-hybridized carbons (Fsp3) is 0.133. The molecule has 104 valence electrons. The molecular formula is C15H13Cl2NO2. The zero-order valence-corrected chi connectivity index (χ0v) is 12.4. The molecule has 0 fully saturated rings. The molecule has 0 saturated heterocycles. The van der Waals surface area contributed by atoms with E-state index in [0.29, 0.717) is 33.0 Å². The number of aryl methyl sites for hydroxylation is 1. The summed E-state index contributed by atoms with van der Waals surface area (Å²) in [6.45, 7) is 5.60. The molecule has 1 aromatic carbocycles. The molecule has 0 saturated carbocycles. The van der Waals surface area contributed by atoms with Crippen molar-refractivity contribution >= 4 is 34.7 Å². The normalized spacial score (nSPS) is 10.3. The number of ketones is 1. The van der Waals surface area contributed by atoms with Gasteiger partial charge in [0.1, 0.15) is 5.76 Å². The van der Waals surface area contributed by atoms with E-state index >= 15 is 0 Å². The Morgan fingerprint density at radius 2 is 2.05 bits per heavy atom. The highest BCUT2D eigenvalue weighted by Gasteiger charge is 2.12. The van der Waals surface area contributed by atoms with Crippen molar-refractivity contribution in [1.29, 1.82) is 0 Å². The van der Waals surface area contributed by atoms with Crippen LogP contribution in [-0.2, 0) is 0 Å². The molecule has 0 aliphatic rings. The van der Waals surface area contributed by atoms with Gasteiger partial charge < -0.3 is 9.73 Å². The highest BCUT2D eigenvalue weighted by molar-refractivity contribution is 6.35. The lowest BCUT2D eigenvalue weighted by molar-refractivity contribution is 0.0965. The minimum atomic E-state index is -0.145. The van der Waals surface area contributed by atoms with Gasteiger partial charge in [-0.25, -0.2) is 0 Å². The van der Waals surface area contributed by atoms with Crippen molar-refractivity contribution in [3.8, 4) is 0 Å². The third-order valence-electron chi connectivity index (χ3n) is 2.63. The molecular weight excluding hydrogens is 297 g/mol. The second-order valence-electron chi connectivity index (χ2n) is 4.36. The number of benzene rings is 1. The Bertz CT molecular complexity index is 662. The number of rotatable bonds is 5. The number of carbonyl (C=O) groups excluding carboxylic acids is 1. The summed E-state index contributed by atoms with van der Waals surface area (Å²) in [5.41, 5.74) is 1.14. The molecule has 1 aromatic heterocycles. The standard InChI is InChI=1S/C15H13Cl2NO2/c1-9(7-14(19)15-6-3-10(2)20-15)18-13-8-11(16)4-5-12(13)17/h3-6,8,18H,1,7H2,2H3. The summed E-state index contributed by atoms with van der Waals surface area (Å²) in [6, 6.07) is 8.44. The first-order valence-corrected chi connectivity index (χ1v) is 6.71. The van der Waals surface area contributed by atoms with Crippen molar-refractivity contribution in [2.24, 2.45) is 0 Å². The van der Waals surface area contributed by atoms with Gasteiger partial charge >= 0.3 is 0 Å². The lowest BCUT2D eigenvalue weighted by atomic mass is 10.2. The highest BCUT2D eigenvalue weighted by atomic mass is 35.5. The van der Waals surface area contributed by atoms with E-state index in [0.717, 1.165) is 0 Å². The van der Waals surface area contributed by atoms with E-state index in [-0.39, 0.29) is 12.2 Å². The van der Waals surface area contributed by atoms with Crippen LogP contribution in [0.2, 0.25) is 10.0 Å². The van der Waals surface area contributed by atoms with Crippen LogP contribution in [-0.4, -0.2) is 5.78 Å². The van der Waals surface area contributed by atoms with Crippen LogP contribution in [0.4, 0.5) is 5.69 Å². The number of nitrogens with one attached hydrogen (secondary N) is 1. The third kappa shape index (κ3) is 3.65. The molecule has 0 bridgehead atoms. The number of furan rings is 1. The predicted octanol–water partition coefficient (Wildman–Crippen LogP) is 5.09.